The summed E-state index contributed by atoms with van der Waals surface area (Å²) in [6.07, 6.45) is 0. The van der Waals surface area contributed by atoms with Gasteiger partial charge in [0.25, 0.3) is 10.0 Å². The number of hydrogen-bond acceptors (Lipinski definition) is 4. The first-order chi connectivity index (χ1) is 18.2. The molecule has 0 saturated carbocycles. The lowest BCUT2D eigenvalue weighted by atomic mass is 10.1. The average molecular weight is 554 g/mol. The number of carbonyl (C=O) groups is 2. The number of sulfonamides is 1. The summed E-state index contributed by atoms with van der Waals surface area (Å²) in [5.41, 5.74) is 2.24. The zero-order valence-electron chi connectivity index (χ0n) is 23.2. The summed E-state index contributed by atoms with van der Waals surface area (Å²) in [6.45, 7) is 10.3. The van der Waals surface area contributed by atoms with Gasteiger partial charge in [0.1, 0.15) is 18.4 Å². The number of hydrogen-bond donors (Lipinski definition) is 1. The van der Waals surface area contributed by atoms with Crippen molar-refractivity contribution in [3.8, 4) is 0 Å². The lowest BCUT2D eigenvalue weighted by Gasteiger charge is -2.33. The summed E-state index contributed by atoms with van der Waals surface area (Å²) < 4.78 is 42.2. The van der Waals surface area contributed by atoms with Gasteiger partial charge < -0.3 is 10.2 Å². The second-order valence-electron chi connectivity index (χ2n) is 10.7. The summed E-state index contributed by atoms with van der Waals surface area (Å²) in [7, 11) is -4.13. The number of halogens is 1. The van der Waals surface area contributed by atoms with Gasteiger partial charge in [0.2, 0.25) is 11.8 Å². The van der Waals surface area contributed by atoms with Crippen LogP contribution in [0.15, 0.2) is 77.7 Å². The van der Waals surface area contributed by atoms with E-state index in [1.54, 1.807) is 43.3 Å². The predicted molar refractivity (Wildman–Crippen MR) is 151 cm³/mol. The standard InChI is InChI=1S/C30H36FN3O4S/c1-21-12-17-26(18-22(21)2)34(39(37,38)27-10-8-7-9-11-27)20-28(35)33(19-24-13-15-25(31)16-14-24)23(3)29(36)32-30(4,5)6/h7-18,23H,19-20H2,1-6H3,(H,32,36). The van der Waals surface area contributed by atoms with Crippen LogP contribution in [-0.4, -0.2) is 43.3 Å². The van der Waals surface area contributed by atoms with E-state index in [0.29, 0.717) is 11.3 Å². The van der Waals surface area contributed by atoms with Gasteiger partial charge >= 0.3 is 0 Å². The molecule has 0 radical (unpaired) electrons. The van der Waals surface area contributed by atoms with Crippen LogP contribution < -0.4 is 9.62 Å². The maximum Gasteiger partial charge on any atom is 0.264 e. The Hall–Kier alpha value is -3.72. The van der Waals surface area contributed by atoms with Gasteiger partial charge in [-0.2, -0.15) is 0 Å². The van der Waals surface area contributed by atoms with Crippen molar-refractivity contribution in [2.75, 3.05) is 10.8 Å². The van der Waals surface area contributed by atoms with Gasteiger partial charge in [-0.15, -0.1) is 0 Å². The average Bonchev–Trinajstić information content (AvgIpc) is 2.87. The first kappa shape index (κ1) is 29.8. The van der Waals surface area contributed by atoms with Crippen molar-refractivity contribution < 1.29 is 22.4 Å². The number of nitrogens with one attached hydrogen (secondary N) is 1. The van der Waals surface area contributed by atoms with E-state index in [4.69, 9.17) is 0 Å². The number of rotatable bonds is 9. The molecule has 1 unspecified atom stereocenters. The smallest absolute Gasteiger partial charge is 0.264 e. The largest absolute Gasteiger partial charge is 0.350 e. The fraction of sp³-hybridized carbons (Fsp3) is 0.333. The highest BCUT2D eigenvalue weighted by molar-refractivity contribution is 7.92. The summed E-state index contributed by atoms with van der Waals surface area (Å²) in [5, 5.41) is 2.88. The van der Waals surface area contributed by atoms with E-state index in [-0.39, 0.29) is 17.3 Å². The van der Waals surface area contributed by atoms with Crippen molar-refractivity contribution in [1.29, 1.82) is 0 Å². The van der Waals surface area contributed by atoms with Crippen LogP contribution in [-0.2, 0) is 26.2 Å². The lowest BCUT2D eigenvalue weighted by Crippen LogP contribution is -2.54. The molecule has 0 bridgehead atoms. The molecule has 0 fully saturated rings. The molecule has 0 aliphatic carbocycles. The van der Waals surface area contributed by atoms with E-state index in [0.717, 1.165) is 15.4 Å². The monoisotopic (exact) mass is 553 g/mol. The number of amides is 2. The summed E-state index contributed by atoms with van der Waals surface area (Å²) in [6, 6.07) is 17.8. The van der Waals surface area contributed by atoms with Crippen molar-refractivity contribution in [1.82, 2.24) is 10.2 Å². The van der Waals surface area contributed by atoms with Crippen LogP contribution in [0, 0.1) is 19.7 Å². The van der Waals surface area contributed by atoms with Crippen molar-refractivity contribution in [2.24, 2.45) is 0 Å². The van der Waals surface area contributed by atoms with E-state index >= 15 is 0 Å². The minimum atomic E-state index is -4.13. The number of anilines is 1. The third-order valence-corrected chi connectivity index (χ3v) is 8.11. The van der Waals surface area contributed by atoms with Crippen LogP contribution in [0.4, 0.5) is 10.1 Å². The molecule has 0 saturated heterocycles. The van der Waals surface area contributed by atoms with Crippen molar-refractivity contribution in [3.63, 3.8) is 0 Å². The van der Waals surface area contributed by atoms with Crippen LogP contribution in [0.25, 0.3) is 0 Å². The Balaban J connectivity index is 2.04. The first-order valence-electron chi connectivity index (χ1n) is 12.7. The van der Waals surface area contributed by atoms with Gasteiger partial charge in [0.15, 0.2) is 0 Å². The zero-order chi connectivity index (χ0) is 29.0. The number of aryl methyl sites for hydroxylation is 2. The Labute approximate surface area is 230 Å². The summed E-state index contributed by atoms with van der Waals surface area (Å²) in [4.78, 5) is 28.4. The Bertz CT molecular complexity index is 1420. The Morgan fingerprint density at radius 2 is 1.54 bits per heavy atom. The summed E-state index contributed by atoms with van der Waals surface area (Å²) >= 11 is 0. The molecule has 3 aromatic carbocycles. The molecule has 0 aliphatic rings. The molecule has 1 atom stereocenters. The SMILES string of the molecule is Cc1ccc(N(CC(=O)N(Cc2ccc(F)cc2)C(C)C(=O)NC(C)(C)C)S(=O)(=O)c2ccccc2)cc1C. The minimum absolute atomic E-state index is 0.00993. The quantitative estimate of drug-likeness (QED) is 0.405. The van der Waals surface area contributed by atoms with Gasteiger partial charge in [-0.3, -0.25) is 13.9 Å². The highest BCUT2D eigenvalue weighted by atomic mass is 32.2. The molecule has 0 heterocycles. The van der Waals surface area contributed by atoms with Crippen LogP contribution in [0.2, 0.25) is 0 Å². The van der Waals surface area contributed by atoms with E-state index < -0.39 is 39.9 Å². The van der Waals surface area contributed by atoms with Crippen LogP contribution in [0.5, 0.6) is 0 Å². The molecule has 7 nitrogen and oxygen atoms in total. The maximum atomic E-state index is 13.9. The highest BCUT2D eigenvalue weighted by Crippen LogP contribution is 2.26. The highest BCUT2D eigenvalue weighted by Gasteiger charge is 2.33. The second-order valence-corrected chi connectivity index (χ2v) is 12.5. The maximum absolute atomic E-state index is 13.9. The van der Waals surface area contributed by atoms with E-state index in [1.807, 2.05) is 34.6 Å². The molecule has 208 valence electrons. The molecule has 2 amide bonds. The number of benzene rings is 3. The third kappa shape index (κ3) is 7.66. The number of carbonyl (C=O) groups excluding carboxylic acids is 2. The summed E-state index contributed by atoms with van der Waals surface area (Å²) in [5.74, 6) is -1.39. The molecule has 1 N–H and O–H groups in total. The Morgan fingerprint density at radius 3 is 2.10 bits per heavy atom. The Morgan fingerprint density at radius 1 is 0.923 bits per heavy atom. The van der Waals surface area contributed by atoms with Crippen LogP contribution in [0.3, 0.4) is 0 Å². The van der Waals surface area contributed by atoms with Gasteiger partial charge in [-0.05, 0) is 94.6 Å². The third-order valence-electron chi connectivity index (χ3n) is 6.32. The van der Waals surface area contributed by atoms with E-state index in [1.165, 1.54) is 41.3 Å². The fourth-order valence-electron chi connectivity index (χ4n) is 3.97. The van der Waals surface area contributed by atoms with Crippen LogP contribution in [0.1, 0.15) is 44.4 Å². The zero-order valence-corrected chi connectivity index (χ0v) is 24.0. The molecular formula is C30H36FN3O4S. The van der Waals surface area contributed by atoms with Gasteiger partial charge in [0, 0.05) is 12.1 Å². The normalized spacial score (nSPS) is 12.5. The fourth-order valence-corrected chi connectivity index (χ4v) is 5.40. The van der Waals surface area contributed by atoms with Crippen molar-refractivity contribution >= 4 is 27.5 Å². The van der Waals surface area contributed by atoms with Crippen LogP contribution >= 0.6 is 0 Å². The number of nitrogens with zero attached hydrogens (tertiary/aromatic N) is 2. The minimum Gasteiger partial charge on any atom is -0.350 e. The molecule has 9 heteroatoms. The molecule has 0 aromatic heterocycles. The predicted octanol–water partition coefficient (Wildman–Crippen LogP) is 4.97. The van der Waals surface area contributed by atoms with E-state index in [9.17, 15) is 22.4 Å². The molecule has 0 aliphatic heterocycles. The van der Waals surface area contributed by atoms with E-state index in [2.05, 4.69) is 5.32 Å². The van der Waals surface area contributed by atoms with Crippen molar-refractivity contribution in [2.45, 2.75) is 64.6 Å². The lowest BCUT2D eigenvalue weighted by molar-refractivity contribution is -0.140. The Kier molecular flexibility index (Phi) is 9.17. The van der Waals surface area contributed by atoms with Crippen molar-refractivity contribution in [3.05, 3.63) is 95.3 Å². The molecule has 3 rings (SSSR count). The van der Waals surface area contributed by atoms with Gasteiger partial charge in [-0.25, -0.2) is 12.8 Å². The molecule has 3 aromatic rings. The molecule has 39 heavy (non-hydrogen) atoms. The van der Waals surface area contributed by atoms with Gasteiger partial charge in [-0.1, -0.05) is 36.4 Å². The molecular weight excluding hydrogens is 517 g/mol. The second kappa shape index (κ2) is 12.0. The molecule has 0 spiro atoms. The first-order valence-corrected chi connectivity index (χ1v) is 14.1. The van der Waals surface area contributed by atoms with Gasteiger partial charge in [0.05, 0.1) is 10.6 Å². The topological polar surface area (TPSA) is 86.8 Å².